The molecule has 5 nitrogen and oxygen atoms in total. The molecule has 25 heavy (non-hydrogen) atoms. The summed E-state index contributed by atoms with van der Waals surface area (Å²) in [4.78, 5) is 1.25. The molecule has 2 heterocycles. The summed E-state index contributed by atoms with van der Waals surface area (Å²) in [6.07, 6.45) is 2.03. The number of sulfonamides is 1. The van der Waals surface area contributed by atoms with Gasteiger partial charge in [0.25, 0.3) is 10.0 Å². The molecule has 1 aliphatic heterocycles. The Bertz CT molecular complexity index is 933. The van der Waals surface area contributed by atoms with Crippen molar-refractivity contribution in [2.24, 2.45) is 0 Å². The van der Waals surface area contributed by atoms with Crippen LogP contribution >= 0.6 is 11.3 Å². The molecule has 8 heteroatoms. The summed E-state index contributed by atoms with van der Waals surface area (Å²) in [5, 5.41) is 0. The van der Waals surface area contributed by atoms with Crippen molar-refractivity contribution in [3.8, 4) is 0 Å². The molecule has 0 bridgehead atoms. The third-order valence-corrected chi connectivity index (χ3v) is 9.85. The predicted molar refractivity (Wildman–Crippen MR) is 99.1 cm³/mol. The van der Waals surface area contributed by atoms with Crippen LogP contribution in [0.5, 0.6) is 0 Å². The van der Waals surface area contributed by atoms with Crippen LogP contribution < -0.4 is 0 Å². The lowest BCUT2D eigenvalue weighted by Gasteiger charge is -2.23. The molecule has 0 amide bonds. The average molecular weight is 400 g/mol. The van der Waals surface area contributed by atoms with Gasteiger partial charge < -0.3 is 0 Å². The lowest BCUT2D eigenvalue weighted by molar-refractivity contribution is 0.409. The Balaban J connectivity index is 1.85. The van der Waals surface area contributed by atoms with E-state index in [0.29, 0.717) is 23.6 Å². The molecule has 1 saturated heterocycles. The maximum atomic E-state index is 12.9. The van der Waals surface area contributed by atoms with Crippen molar-refractivity contribution in [1.29, 1.82) is 0 Å². The molecule has 0 N–H and O–H groups in total. The Morgan fingerprint density at radius 2 is 1.80 bits per heavy atom. The monoisotopic (exact) mass is 399 g/mol. The largest absolute Gasteiger partial charge is 0.252 e. The molecule has 1 fully saturated rings. The highest BCUT2D eigenvalue weighted by atomic mass is 32.2. The normalized spacial score (nSPS) is 19.3. The molecular formula is C17H21NO4S3. The molecule has 3 rings (SSSR count). The minimum Gasteiger partial charge on any atom is -0.224 e. The topological polar surface area (TPSA) is 71.5 Å². The third-order valence-electron chi connectivity index (χ3n) is 4.39. The smallest absolute Gasteiger partial charge is 0.224 e. The zero-order valence-corrected chi connectivity index (χ0v) is 16.4. The highest BCUT2D eigenvalue weighted by Gasteiger charge is 2.38. The summed E-state index contributed by atoms with van der Waals surface area (Å²) in [5.41, 5.74) is 0. The molecule has 1 aromatic heterocycles. The summed E-state index contributed by atoms with van der Waals surface area (Å²) in [5.74, 6) is -0.178. The van der Waals surface area contributed by atoms with Crippen LogP contribution in [0.1, 0.15) is 24.6 Å². The van der Waals surface area contributed by atoms with Gasteiger partial charge in [0.15, 0.2) is 9.84 Å². The average Bonchev–Trinajstić information content (AvgIpc) is 3.25. The second-order valence-electron chi connectivity index (χ2n) is 6.08. The molecule has 1 aromatic carbocycles. The van der Waals surface area contributed by atoms with Crippen LogP contribution in [0.3, 0.4) is 0 Å². The SMILES string of the molecule is CCc1ccc(S(=O)(=O)N2CCCC2CS(=O)(=O)c2ccccc2)s1. The molecule has 0 radical (unpaired) electrons. The number of sulfone groups is 1. The second kappa shape index (κ2) is 7.19. The van der Waals surface area contributed by atoms with Crippen LogP contribution in [0.4, 0.5) is 0 Å². The third kappa shape index (κ3) is 3.81. The Morgan fingerprint density at radius 1 is 1.08 bits per heavy atom. The molecule has 0 spiro atoms. The molecule has 0 aliphatic carbocycles. The number of hydrogen-bond acceptors (Lipinski definition) is 5. The molecular weight excluding hydrogens is 378 g/mol. The lowest BCUT2D eigenvalue weighted by Crippen LogP contribution is -2.39. The van der Waals surface area contributed by atoms with E-state index in [1.807, 2.05) is 13.0 Å². The number of benzene rings is 1. The van der Waals surface area contributed by atoms with E-state index in [1.54, 1.807) is 36.4 Å². The van der Waals surface area contributed by atoms with Gasteiger partial charge in [-0.2, -0.15) is 4.31 Å². The Kier molecular flexibility index (Phi) is 5.34. The Morgan fingerprint density at radius 3 is 2.44 bits per heavy atom. The van der Waals surface area contributed by atoms with Crippen molar-refractivity contribution in [2.45, 2.75) is 41.3 Å². The molecule has 1 unspecified atom stereocenters. The van der Waals surface area contributed by atoms with E-state index in [1.165, 1.54) is 15.6 Å². The zero-order chi connectivity index (χ0) is 18.1. The highest BCUT2D eigenvalue weighted by molar-refractivity contribution is 7.92. The van der Waals surface area contributed by atoms with Gasteiger partial charge >= 0.3 is 0 Å². The van der Waals surface area contributed by atoms with Gasteiger partial charge in [0.2, 0.25) is 0 Å². The number of hydrogen-bond donors (Lipinski definition) is 0. The van der Waals surface area contributed by atoms with E-state index in [2.05, 4.69) is 0 Å². The highest BCUT2D eigenvalue weighted by Crippen LogP contribution is 2.31. The van der Waals surface area contributed by atoms with Crippen molar-refractivity contribution in [3.05, 3.63) is 47.3 Å². The van der Waals surface area contributed by atoms with Crippen molar-refractivity contribution in [2.75, 3.05) is 12.3 Å². The van der Waals surface area contributed by atoms with Gasteiger partial charge in [-0.1, -0.05) is 25.1 Å². The van der Waals surface area contributed by atoms with E-state index < -0.39 is 25.9 Å². The maximum absolute atomic E-state index is 12.9. The van der Waals surface area contributed by atoms with Crippen LogP contribution in [0.15, 0.2) is 51.6 Å². The first kappa shape index (κ1) is 18.6. The first-order valence-electron chi connectivity index (χ1n) is 8.23. The lowest BCUT2D eigenvalue weighted by atomic mass is 10.3. The van der Waals surface area contributed by atoms with Gasteiger partial charge in [0, 0.05) is 17.5 Å². The van der Waals surface area contributed by atoms with Crippen LogP contribution in [-0.2, 0) is 26.3 Å². The molecule has 1 atom stereocenters. The first-order chi connectivity index (χ1) is 11.8. The number of aryl methyl sites for hydroxylation is 1. The van der Waals surface area contributed by atoms with Crippen LogP contribution in [0.25, 0.3) is 0 Å². The zero-order valence-electron chi connectivity index (χ0n) is 14.0. The molecule has 2 aromatic rings. The second-order valence-corrected chi connectivity index (χ2v) is 11.4. The van der Waals surface area contributed by atoms with E-state index in [9.17, 15) is 16.8 Å². The number of rotatable bonds is 6. The predicted octanol–water partition coefficient (Wildman–Crippen LogP) is 2.94. The molecule has 1 aliphatic rings. The Hall–Kier alpha value is -1.22. The van der Waals surface area contributed by atoms with Crippen LogP contribution in [-0.4, -0.2) is 39.5 Å². The summed E-state index contributed by atoms with van der Waals surface area (Å²) in [7, 11) is -7.17. The van der Waals surface area contributed by atoms with E-state index in [4.69, 9.17) is 0 Å². The maximum Gasteiger partial charge on any atom is 0.252 e. The van der Waals surface area contributed by atoms with Crippen molar-refractivity contribution in [1.82, 2.24) is 4.31 Å². The van der Waals surface area contributed by atoms with Gasteiger partial charge in [-0.05, 0) is 43.5 Å². The van der Waals surface area contributed by atoms with E-state index in [-0.39, 0.29) is 10.6 Å². The minimum atomic E-state index is -3.64. The fourth-order valence-corrected chi connectivity index (χ4v) is 7.90. The van der Waals surface area contributed by atoms with Gasteiger partial charge in [-0.25, -0.2) is 16.8 Å². The summed E-state index contributed by atoms with van der Waals surface area (Å²) in [6, 6.07) is 11.1. The fourth-order valence-electron chi connectivity index (χ4n) is 3.07. The standard InChI is InChI=1S/C17H21NO4S3/c1-2-15-10-11-17(23-15)25(21,22)18-12-6-7-14(18)13-24(19,20)16-8-4-3-5-9-16/h3-5,8-11,14H,2,6-7,12-13H2,1H3. The van der Waals surface area contributed by atoms with Crippen molar-refractivity contribution >= 4 is 31.2 Å². The van der Waals surface area contributed by atoms with Crippen molar-refractivity contribution in [3.63, 3.8) is 0 Å². The first-order valence-corrected chi connectivity index (χ1v) is 12.1. The fraction of sp³-hybridized carbons (Fsp3) is 0.412. The summed E-state index contributed by atoms with van der Waals surface area (Å²) in [6.45, 7) is 2.35. The quantitative estimate of drug-likeness (QED) is 0.749. The molecule has 136 valence electrons. The van der Waals surface area contributed by atoms with Gasteiger partial charge in [-0.15, -0.1) is 11.3 Å². The van der Waals surface area contributed by atoms with Crippen molar-refractivity contribution < 1.29 is 16.8 Å². The number of nitrogens with zero attached hydrogens (tertiary/aromatic N) is 1. The number of thiophene rings is 1. The summed E-state index contributed by atoms with van der Waals surface area (Å²) < 4.78 is 52.8. The van der Waals surface area contributed by atoms with Crippen LogP contribution in [0, 0.1) is 0 Å². The Labute approximate surface area is 153 Å². The van der Waals surface area contributed by atoms with Gasteiger partial charge in [-0.3, -0.25) is 0 Å². The summed E-state index contributed by atoms with van der Waals surface area (Å²) >= 11 is 1.26. The van der Waals surface area contributed by atoms with Gasteiger partial charge in [0.05, 0.1) is 10.6 Å². The molecule has 0 saturated carbocycles. The van der Waals surface area contributed by atoms with E-state index >= 15 is 0 Å². The van der Waals surface area contributed by atoms with Gasteiger partial charge in [0.1, 0.15) is 4.21 Å². The minimum absolute atomic E-state index is 0.178. The van der Waals surface area contributed by atoms with Crippen LogP contribution in [0.2, 0.25) is 0 Å². The van der Waals surface area contributed by atoms with E-state index in [0.717, 1.165) is 11.3 Å².